The standard InChI is InChI=1S/C15H20N2O2/c1-10-6-12-13(19-9-18-12)7-11(10)14(17(4)5)15(2,3)8-16/h6-7,14H,9H2,1-5H3. The van der Waals surface area contributed by atoms with E-state index in [1.165, 1.54) is 0 Å². The maximum Gasteiger partial charge on any atom is 0.231 e. The number of benzene rings is 1. The molecule has 1 aliphatic rings. The van der Waals surface area contributed by atoms with E-state index >= 15 is 0 Å². The normalized spacial score (nSPS) is 15.4. The lowest BCUT2D eigenvalue weighted by atomic mass is 9.79. The molecule has 0 amide bonds. The predicted molar refractivity (Wildman–Crippen MR) is 73.1 cm³/mol. The van der Waals surface area contributed by atoms with Gasteiger partial charge in [0, 0.05) is 0 Å². The van der Waals surface area contributed by atoms with Crippen molar-refractivity contribution < 1.29 is 9.47 Å². The summed E-state index contributed by atoms with van der Waals surface area (Å²) in [4.78, 5) is 2.08. The average Bonchev–Trinajstić information content (AvgIpc) is 2.75. The summed E-state index contributed by atoms with van der Waals surface area (Å²) in [5, 5.41) is 9.43. The maximum absolute atomic E-state index is 9.43. The minimum atomic E-state index is -0.484. The largest absolute Gasteiger partial charge is 0.454 e. The molecule has 0 saturated carbocycles. The Morgan fingerprint density at radius 3 is 2.37 bits per heavy atom. The lowest BCUT2D eigenvalue weighted by molar-refractivity contribution is 0.173. The van der Waals surface area contributed by atoms with Crippen molar-refractivity contribution in [3.63, 3.8) is 0 Å². The highest BCUT2D eigenvalue weighted by atomic mass is 16.7. The summed E-state index contributed by atoms with van der Waals surface area (Å²) in [6, 6.07) is 6.40. The molecule has 0 radical (unpaired) electrons. The van der Waals surface area contributed by atoms with E-state index in [4.69, 9.17) is 9.47 Å². The second-order valence-electron chi connectivity index (χ2n) is 5.76. The third-order valence-corrected chi connectivity index (χ3v) is 3.54. The Balaban J connectivity index is 2.52. The first kappa shape index (κ1) is 13.7. The molecular weight excluding hydrogens is 240 g/mol. The minimum absolute atomic E-state index is 0.00648. The van der Waals surface area contributed by atoms with Crippen molar-refractivity contribution in [1.82, 2.24) is 4.90 Å². The molecule has 1 aromatic rings. The number of nitriles is 1. The van der Waals surface area contributed by atoms with Crippen molar-refractivity contribution in [1.29, 1.82) is 5.26 Å². The summed E-state index contributed by atoms with van der Waals surface area (Å²) < 4.78 is 10.8. The van der Waals surface area contributed by atoms with Gasteiger partial charge < -0.3 is 14.4 Å². The van der Waals surface area contributed by atoms with Gasteiger partial charge in [-0.2, -0.15) is 5.26 Å². The van der Waals surface area contributed by atoms with Crippen molar-refractivity contribution >= 4 is 0 Å². The van der Waals surface area contributed by atoms with Crippen LogP contribution in [0.15, 0.2) is 12.1 Å². The molecule has 1 heterocycles. The van der Waals surface area contributed by atoms with E-state index in [0.29, 0.717) is 0 Å². The number of hydrogen-bond donors (Lipinski definition) is 0. The number of fused-ring (bicyclic) bond motifs is 1. The van der Waals surface area contributed by atoms with Crippen molar-refractivity contribution in [2.24, 2.45) is 5.41 Å². The van der Waals surface area contributed by atoms with Crippen LogP contribution in [0.5, 0.6) is 11.5 Å². The Morgan fingerprint density at radius 2 is 1.84 bits per heavy atom. The fourth-order valence-electron chi connectivity index (χ4n) is 2.73. The monoisotopic (exact) mass is 260 g/mol. The summed E-state index contributed by atoms with van der Waals surface area (Å²) >= 11 is 0. The van der Waals surface area contributed by atoms with Crippen molar-refractivity contribution in [2.45, 2.75) is 26.8 Å². The molecule has 1 atom stereocenters. The van der Waals surface area contributed by atoms with Gasteiger partial charge in [0.05, 0.1) is 17.5 Å². The van der Waals surface area contributed by atoms with E-state index in [2.05, 4.69) is 11.0 Å². The lowest BCUT2D eigenvalue weighted by Crippen LogP contribution is -2.33. The highest BCUT2D eigenvalue weighted by Crippen LogP contribution is 2.43. The van der Waals surface area contributed by atoms with Crippen molar-refractivity contribution in [3.05, 3.63) is 23.3 Å². The van der Waals surface area contributed by atoms with Crippen LogP contribution in [-0.4, -0.2) is 25.8 Å². The first-order chi connectivity index (χ1) is 8.86. The van der Waals surface area contributed by atoms with Gasteiger partial charge in [0.15, 0.2) is 11.5 Å². The van der Waals surface area contributed by atoms with Crippen LogP contribution in [0.4, 0.5) is 0 Å². The third kappa shape index (κ3) is 2.39. The first-order valence-corrected chi connectivity index (χ1v) is 6.34. The van der Waals surface area contributed by atoms with Crippen molar-refractivity contribution in [2.75, 3.05) is 20.9 Å². The molecule has 0 aliphatic carbocycles. The summed E-state index contributed by atoms with van der Waals surface area (Å²) in [7, 11) is 3.99. The van der Waals surface area contributed by atoms with E-state index in [1.54, 1.807) is 0 Å². The number of hydrogen-bond acceptors (Lipinski definition) is 4. The fourth-order valence-corrected chi connectivity index (χ4v) is 2.73. The smallest absolute Gasteiger partial charge is 0.231 e. The summed E-state index contributed by atoms with van der Waals surface area (Å²) in [6.07, 6.45) is 0. The first-order valence-electron chi connectivity index (χ1n) is 6.34. The van der Waals surface area contributed by atoms with Crippen LogP contribution in [0.25, 0.3) is 0 Å². The molecule has 0 fully saturated rings. The molecule has 4 nitrogen and oxygen atoms in total. The van der Waals surface area contributed by atoms with Gasteiger partial charge in [-0.15, -0.1) is 0 Å². The number of rotatable bonds is 3. The molecule has 0 saturated heterocycles. The van der Waals surface area contributed by atoms with E-state index in [1.807, 2.05) is 47.0 Å². The quantitative estimate of drug-likeness (QED) is 0.838. The van der Waals surface area contributed by atoms with Crippen LogP contribution in [0.2, 0.25) is 0 Å². The Labute approximate surface area is 114 Å². The molecular formula is C15H20N2O2. The highest BCUT2D eigenvalue weighted by molar-refractivity contribution is 5.50. The van der Waals surface area contributed by atoms with Gasteiger partial charge in [0.25, 0.3) is 0 Å². The average molecular weight is 260 g/mol. The zero-order valence-corrected chi connectivity index (χ0v) is 12.2. The Hall–Kier alpha value is -1.73. The number of nitrogens with zero attached hydrogens (tertiary/aromatic N) is 2. The van der Waals surface area contributed by atoms with Gasteiger partial charge in [-0.3, -0.25) is 0 Å². The molecule has 1 aromatic carbocycles. The summed E-state index contributed by atoms with van der Waals surface area (Å²) in [5.74, 6) is 1.55. The molecule has 0 aromatic heterocycles. The molecule has 2 rings (SSSR count). The number of ether oxygens (including phenoxy) is 2. The molecule has 19 heavy (non-hydrogen) atoms. The van der Waals surface area contributed by atoms with Crippen LogP contribution < -0.4 is 9.47 Å². The SMILES string of the molecule is Cc1cc2c(cc1C(N(C)C)C(C)(C)C#N)OCO2. The summed E-state index contributed by atoms with van der Waals surface area (Å²) in [6.45, 7) is 6.23. The molecule has 0 spiro atoms. The van der Waals surface area contributed by atoms with Crippen LogP contribution in [0, 0.1) is 23.7 Å². The molecule has 1 unspecified atom stereocenters. The topological polar surface area (TPSA) is 45.5 Å². The Morgan fingerprint density at radius 1 is 1.26 bits per heavy atom. The van der Waals surface area contributed by atoms with Gasteiger partial charge in [0.1, 0.15) is 0 Å². The highest BCUT2D eigenvalue weighted by Gasteiger charge is 2.34. The second-order valence-corrected chi connectivity index (χ2v) is 5.76. The molecule has 0 bridgehead atoms. The van der Waals surface area contributed by atoms with E-state index < -0.39 is 5.41 Å². The van der Waals surface area contributed by atoms with Gasteiger partial charge in [-0.1, -0.05) is 0 Å². The van der Waals surface area contributed by atoms with Crippen LogP contribution in [0.1, 0.15) is 31.0 Å². The fraction of sp³-hybridized carbons (Fsp3) is 0.533. The second kappa shape index (κ2) is 4.75. The maximum atomic E-state index is 9.43. The van der Waals surface area contributed by atoms with Gasteiger partial charge >= 0.3 is 0 Å². The van der Waals surface area contributed by atoms with E-state index in [0.717, 1.165) is 22.6 Å². The van der Waals surface area contributed by atoms with Crippen molar-refractivity contribution in [3.8, 4) is 17.6 Å². The van der Waals surface area contributed by atoms with Crippen LogP contribution in [-0.2, 0) is 0 Å². The van der Waals surface area contributed by atoms with Crippen LogP contribution in [0.3, 0.4) is 0 Å². The van der Waals surface area contributed by atoms with Gasteiger partial charge in [-0.05, 0) is 58.1 Å². The van der Waals surface area contributed by atoms with Crippen LogP contribution >= 0.6 is 0 Å². The summed E-state index contributed by atoms with van der Waals surface area (Å²) in [5.41, 5.74) is 1.74. The third-order valence-electron chi connectivity index (χ3n) is 3.54. The zero-order valence-electron chi connectivity index (χ0n) is 12.2. The minimum Gasteiger partial charge on any atom is -0.454 e. The molecule has 4 heteroatoms. The predicted octanol–water partition coefficient (Wildman–Crippen LogP) is 2.88. The van der Waals surface area contributed by atoms with Gasteiger partial charge in [0.2, 0.25) is 6.79 Å². The molecule has 0 N–H and O–H groups in total. The molecule has 102 valence electrons. The lowest BCUT2D eigenvalue weighted by Gasteiger charge is -2.35. The number of aryl methyl sites for hydroxylation is 1. The van der Waals surface area contributed by atoms with E-state index in [9.17, 15) is 5.26 Å². The molecule has 1 aliphatic heterocycles. The van der Waals surface area contributed by atoms with E-state index in [-0.39, 0.29) is 12.8 Å². The van der Waals surface area contributed by atoms with Gasteiger partial charge in [-0.25, -0.2) is 0 Å². The Bertz CT molecular complexity index is 530. The Kier molecular flexibility index (Phi) is 3.42. The zero-order chi connectivity index (χ0) is 14.2.